The number of hydrogen-bond donors (Lipinski definition) is 2. The Kier molecular flexibility index (Phi) is 4.83. The van der Waals surface area contributed by atoms with E-state index in [1.165, 1.54) is 0 Å². The van der Waals surface area contributed by atoms with Crippen molar-refractivity contribution in [3.8, 4) is 5.75 Å². The zero-order chi connectivity index (χ0) is 17.8. The standard InChI is InChI=1S/C18H20N4O3/c1-12-6-7-19-16(8-12)21-18(24)20-13-9-17(23)22(11-13)14-4-3-5-15(10-14)25-2/h3-8,10,13H,9,11H2,1-2H3,(H2,19,20,21,24)/t13-/m0/s1. The van der Waals surface area contributed by atoms with Crippen molar-refractivity contribution in [2.24, 2.45) is 0 Å². The summed E-state index contributed by atoms with van der Waals surface area (Å²) in [6.45, 7) is 2.34. The Morgan fingerprint density at radius 3 is 2.92 bits per heavy atom. The van der Waals surface area contributed by atoms with E-state index in [9.17, 15) is 9.59 Å². The Labute approximate surface area is 146 Å². The molecular formula is C18H20N4O3. The molecule has 1 atom stereocenters. The van der Waals surface area contributed by atoms with Crippen LogP contribution in [0.4, 0.5) is 16.3 Å². The number of methoxy groups -OCH3 is 1. The summed E-state index contributed by atoms with van der Waals surface area (Å²) in [6, 6.07) is 10.3. The average Bonchev–Trinajstić information content (AvgIpc) is 2.95. The van der Waals surface area contributed by atoms with Crippen LogP contribution in [0.3, 0.4) is 0 Å². The first kappa shape index (κ1) is 16.8. The minimum atomic E-state index is -0.372. The van der Waals surface area contributed by atoms with Gasteiger partial charge >= 0.3 is 6.03 Å². The van der Waals surface area contributed by atoms with Crippen molar-refractivity contribution in [2.75, 3.05) is 23.9 Å². The number of nitrogens with zero attached hydrogens (tertiary/aromatic N) is 2. The Morgan fingerprint density at radius 2 is 2.16 bits per heavy atom. The van der Waals surface area contributed by atoms with Gasteiger partial charge in [0.1, 0.15) is 11.6 Å². The molecule has 2 heterocycles. The van der Waals surface area contributed by atoms with Gasteiger partial charge in [0, 0.05) is 30.9 Å². The number of urea groups is 1. The van der Waals surface area contributed by atoms with Gasteiger partial charge in [0.2, 0.25) is 5.91 Å². The van der Waals surface area contributed by atoms with Crippen LogP contribution in [0.15, 0.2) is 42.6 Å². The molecule has 130 valence electrons. The predicted octanol–water partition coefficient (Wildman–Crippen LogP) is 2.33. The summed E-state index contributed by atoms with van der Waals surface area (Å²) in [5.41, 5.74) is 1.76. The molecule has 1 aromatic carbocycles. The summed E-state index contributed by atoms with van der Waals surface area (Å²) in [5, 5.41) is 5.51. The second-order valence-corrected chi connectivity index (χ2v) is 5.92. The van der Waals surface area contributed by atoms with Crippen molar-refractivity contribution >= 4 is 23.4 Å². The van der Waals surface area contributed by atoms with Crippen LogP contribution in [0.1, 0.15) is 12.0 Å². The molecule has 2 aromatic rings. The molecular weight excluding hydrogens is 320 g/mol. The van der Waals surface area contributed by atoms with Crippen molar-refractivity contribution < 1.29 is 14.3 Å². The van der Waals surface area contributed by atoms with E-state index < -0.39 is 0 Å². The van der Waals surface area contributed by atoms with Crippen molar-refractivity contribution in [1.29, 1.82) is 0 Å². The number of pyridine rings is 1. The molecule has 0 unspecified atom stereocenters. The van der Waals surface area contributed by atoms with Crippen LogP contribution >= 0.6 is 0 Å². The first-order chi connectivity index (χ1) is 12.0. The van der Waals surface area contributed by atoms with Gasteiger partial charge < -0.3 is 15.0 Å². The Hall–Kier alpha value is -3.09. The van der Waals surface area contributed by atoms with Gasteiger partial charge in [-0.25, -0.2) is 9.78 Å². The molecule has 7 heteroatoms. The molecule has 0 aliphatic carbocycles. The van der Waals surface area contributed by atoms with E-state index in [1.54, 1.807) is 30.3 Å². The van der Waals surface area contributed by atoms with Crippen molar-refractivity contribution in [3.05, 3.63) is 48.2 Å². The second kappa shape index (κ2) is 7.21. The average molecular weight is 340 g/mol. The molecule has 0 spiro atoms. The second-order valence-electron chi connectivity index (χ2n) is 5.92. The van der Waals surface area contributed by atoms with E-state index in [-0.39, 0.29) is 24.4 Å². The predicted molar refractivity (Wildman–Crippen MR) is 94.9 cm³/mol. The number of rotatable bonds is 4. The largest absolute Gasteiger partial charge is 0.497 e. The maximum Gasteiger partial charge on any atom is 0.320 e. The van der Waals surface area contributed by atoms with Gasteiger partial charge in [-0.15, -0.1) is 0 Å². The normalized spacial score (nSPS) is 16.6. The van der Waals surface area contributed by atoms with Gasteiger partial charge in [-0.05, 0) is 36.8 Å². The molecule has 1 aliphatic rings. The summed E-state index contributed by atoms with van der Waals surface area (Å²) in [4.78, 5) is 30.1. The number of hydrogen-bond acceptors (Lipinski definition) is 4. The lowest BCUT2D eigenvalue weighted by molar-refractivity contribution is -0.117. The minimum Gasteiger partial charge on any atom is -0.497 e. The summed E-state index contributed by atoms with van der Waals surface area (Å²) in [5.74, 6) is 1.13. The van der Waals surface area contributed by atoms with Crippen LogP contribution in [-0.2, 0) is 4.79 Å². The zero-order valence-corrected chi connectivity index (χ0v) is 14.2. The molecule has 2 N–H and O–H groups in total. The Morgan fingerprint density at radius 1 is 1.32 bits per heavy atom. The fourth-order valence-electron chi connectivity index (χ4n) is 2.77. The Bertz CT molecular complexity index is 793. The number of carbonyl (C=O) groups excluding carboxylic acids is 2. The fraction of sp³-hybridized carbons (Fsp3) is 0.278. The SMILES string of the molecule is COc1cccc(N2C[C@@H](NC(=O)Nc3cc(C)ccn3)CC2=O)c1. The molecule has 0 saturated carbocycles. The number of ether oxygens (including phenoxy) is 1. The van der Waals surface area contributed by atoms with Crippen LogP contribution in [0, 0.1) is 6.92 Å². The number of nitrogens with one attached hydrogen (secondary N) is 2. The Balaban J connectivity index is 1.61. The topological polar surface area (TPSA) is 83.6 Å². The molecule has 25 heavy (non-hydrogen) atoms. The first-order valence-corrected chi connectivity index (χ1v) is 8.00. The van der Waals surface area contributed by atoms with E-state index in [0.717, 1.165) is 11.3 Å². The monoisotopic (exact) mass is 340 g/mol. The van der Waals surface area contributed by atoms with Crippen molar-refractivity contribution in [2.45, 2.75) is 19.4 Å². The third-order valence-electron chi connectivity index (χ3n) is 3.98. The number of aromatic nitrogens is 1. The number of amides is 3. The van der Waals surface area contributed by atoms with Gasteiger partial charge in [-0.1, -0.05) is 6.07 Å². The van der Waals surface area contributed by atoms with Gasteiger partial charge in [0.05, 0.1) is 13.2 Å². The third kappa shape index (κ3) is 4.06. The lowest BCUT2D eigenvalue weighted by atomic mass is 10.2. The van der Waals surface area contributed by atoms with E-state index in [4.69, 9.17) is 4.74 Å². The number of anilines is 2. The van der Waals surface area contributed by atoms with Crippen LogP contribution in [0.25, 0.3) is 0 Å². The lowest BCUT2D eigenvalue weighted by Gasteiger charge is -2.18. The molecule has 3 rings (SSSR count). The maximum absolute atomic E-state index is 12.3. The number of benzene rings is 1. The van der Waals surface area contributed by atoms with Crippen LogP contribution in [-0.4, -0.2) is 36.6 Å². The maximum atomic E-state index is 12.3. The summed E-state index contributed by atoms with van der Waals surface area (Å²) >= 11 is 0. The highest BCUT2D eigenvalue weighted by Gasteiger charge is 2.31. The molecule has 7 nitrogen and oxygen atoms in total. The van der Waals surface area contributed by atoms with E-state index in [2.05, 4.69) is 15.6 Å². The quantitative estimate of drug-likeness (QED) is 0.895. The molecule has 1 aliphatic heterocycles. The van der Waals surface area contributed by atoms with Crippen molar-refractivity contribution in [3.63, 3.8) is 0 Å². The van der Waals surface area contributed by atoms with Crippen molar-refractivity contribution in [1.82, 2.24) is 10.3 Å². The van der Waals surface area contributed by atoms with Crippen LogP contribution in [0.5, 0.6) is 5.75 Å². The van der Waals surface area contributed by atoms with E-state index >= 15 is 0 Å². The van der Waals surface area contributed by atoms with Gasteiger partial charge in [0.15, 0.2) is 0 Å². The highest BCUT2D eigenvalue weighted by molar-refractivity contribution is 5.97. The van der Waals surface area contributed by atoms with Gasteiger partial charge in [0.25, 0.3) is 0 Å². The number of carbonyl (C=O) groups is 2. The van der Waals surface area contributed by atoms with Crippen LogP contribution in [0.2, 0.25) is 0 Å². The lowest BCUT2D eigenvalue weighted by Crippen LogP contribution is -2.39. The summed E-state index contributed by atoms with van der Waals surface area (Å²) < 4.78 is 5.19. The minimum absolute atomic E-state index is 0.0350. The molecule has 1 aromatic heterocycles. The highest BCUT2D eigenvalue weighted by Crippen LogP contribution is 2.25. The zero-order valence-electron chi connectivity index (χ0n) is 14.2. The highest BCUT2D eigenvalue weighted by atomic mass is 16.5. The third-order valence-corrected chi connectivity index (χ3v) is 3.98. The van der Waals surface area contributed by atoms with Gasteiger partial charge in [-0.3, -0.25) is 10.1 Å². The van der Waals surface area contributed by atoms with E-state index in [0.29, 0.717) is 18.1 Å². The molecule has 0 bridgehead atoms. The molecule has 1 saturated heterocycles. The van der Waals surface area contributed by atoms with Gasteiger partial charge in [-0.2, -0.15) is 0 Å². The number of aryl methyl sites for hydroxylation is 1. The first-order valence-electron chi connectivity index (χ1n) is 8.00. The van der Waals surface area contributed by atoms with Crippen LogP contribution < -0.4 is 20.3 Å². The molecule has 3 amide bonds. The molecule has 0 radical (unpaired) electrons. The fourth-order valence-corrected chi connectivity index (χ4v) is 2.77. The molecule has 1 fully saturated rings. The summed E-state index contributed by atoms with van der Waals surface area (Å²) in [7, 11) is 1.58. The smallest absolute Gasteiger partial charge is 0.320 e. The van der Waals surface area contributed by atoms with E-state index in [1.807, 2.05) is 31.2 Å². The summed E-state index contributed by atoms with van der Waals surface area (Å²) in [6.07, 6.45) is 1.89.